The molecule has 0 bridgehead atoms. The molecule has 3 aromatic carbocycles. The Labute approximate surface area is 202 Å². The first-order chi connectivity index (χ1) is 17.0. The van der Waals surface area contributed by atoms with E-state index in [9.17, 15) is 14.4 Å². The molecular weight excluding hydrogens is 442 g/mol. The number of anilines is 1. The zero-order valence-electron chi connectivity index (χ0n) is 19.3. The standard InChI is InChI=1S/C28H23N3O4/c1-18-23(22-10-6-7-11-25(22)30(18)17-19-8-4-3-5-9-19)16-24-26(32)29-28(34)31(27(24)33)20-12-14-21(35-2)15-13-20/h3-16H,17H2,1-2H3,(H,29,32,34). The van der Waals surface area contributed by atoms with Crippen LogP contribution < -0.4 is 15.0 Å². The molecule has 0 spiro atoms. The summed E-state index contributed by atoms with van der Waals surface area (Å²) in [7, 11) is 1.53. The number of aromatic nitrogens is 1. The van der Waals surface area contributed by atoms with Crippen LogP contribution in [0.15, 0.2) is 84.4 Å². The largest absolute Gasteiger partial charge is 0.497 e. The van der Waals surface area contributed by atoms with E-state index in [2.05, 4.69) is 22.0 Å². The molecule has 1 aliphatic rings. The Kier molecular flexibility index (Phi) is 5.66. The molecule has 1 fully saturated rings. The summed E-state index contributed by atoms with van der Waals surface area (Å²) in [6.45, 7) is 2.61. The van der Waals surface area contributed by atoms with E-state index in [1.807, 2.05) is 49.4 Å². The molecule has 35 heavy (non-hydrogen) atoms. The van der Waals surface area contributed by atoms with Crippen LogP contribution in [0.3, 0.4) is 0 Å². The Morgan fingerprint density at radius 3 is 2.29 bits per heavy atom. The number of nitrogens with zero attached hydrogens (tertiary/aromatic N) is 2. The van der Waals surface area contributed by atoms with Gasteiger partial charge in [-0.25, -0.2) is 9.69 Å². The third kappa shape index (κ3) is 3.97. The lowest BCUT2D eigenvalue weighted by atomic mass is 10.0. The van der Waals surface area contributed by atoms with E-state index in [-0.39, 0.29) is 5.57 Å². The number of rotatable bonds is 5. The molecule has 4 amide bonds. The summed E-state index contributed by atoms with van der Waals surface area (Å²) in [4.78, 5) is 39.7. The molecule has 0 aliphatic carbocycles. The second-order valence-corrected chi connectivity index (χ2v) is 8.24. The zero-order valence-corrected chi connectivity index (χ0v) is 19.3. The van der Waals surface area contributed by atoms with Gasteiger partial charge in [-0.2, -0.15) is 0 Å². The lowest BCUT2D eigenvalue weighted by Crippen LogP contribution is -2.54. The first-order valence-corrected chi connectivity index (χ1v) is 11.1. The monoisotopic (exact) mass is 465 g/mol. The van der Waals surface area contributed by atoms with Crippen molar-refractivity contribution < 1.29 is 19.1 Å². The molecule has 7 nitrogen and oxygen atoms in total. The summed E-state index contributed by atoms with van der Waals surface area (Å²) in [5.74, 6) is -0.806. The topological polar surface area (TPSA) is 80.6 Å². The van der Waals surface area contributed by atoms with Gasteiger partial charge in [0.15, 0.2) is 0 Å². The molecule has 0 saturated carbocycles. The Balaban J connectivity index is 1.59. The van der Waals surface area contributed by atoms with Crippen LogP contribution in [0.25, 0.3) is 17.0 Å². The predicted molar refractivity (Wildman–Crippen MR) is 134 cm³/mol. The number of amides is 4. The van der Waals surface area contributed by atoms with Gasteiger partial charge in [0.05, 0.1) is 12.8 Å². The molecule has 0 radical (unpaired) electrons. The SMILES string of the molecule is COc1ccc(N2C(=O)NC(=O)C(=Cc3c(C)n(Cc4ccccc4)c4ccccc34)C2=O)cc1. The van der Waals surface area contributed by atoms with Crippen molar-refractivity contribution in [1.82, 2.24) is 9.88 Å². The van der Waals surface area contributed by atoms with Gasteiger partial charge in [0.1, 0.15) is 11.3 Å². The van der Waals surface area contributed by atoms with Crippen molar-refractivity contribution in [3.05, 3.63) is 101 Å². The molecule has 1 aliphatic heterocycles. The minimum Gasteiger partial charge on any atom is -0.497 e. The quantitative estimate of drug-likeness (QED) is 0.343. The van der Waals surface area contributed by atoms with Gasteiger partial charge in [-0.05, 0) is 48.9 Å². The maximum absolute atomic E-state index is 13.4. The Hall–Kier alpha value is -4.65. The van der Waals surface area contributed by atoms with Gasteiger partial charge in [-0.1, -0.05) is 48.5 Å². The van der Waals surface area contributed by atoms with Crippen molar-refractivity contribution in [3.8, 4) is 5.75 Å². The number of carbonyl (C=O) groups is 3. The van der Waals surface area contributed by atoms with Crippen LogP contribution in [0, 0.1) is 6.92 Å². The molecule has 1 N–H and O–H groups in total. The van der Waals surface area contributed by atoms with Gasteiger partial charge in [0, 0.05) is 28.7 Å². The fourth-order valence-electron chi connectivity index (χ4n) is 4.38. The van der Waals surface area contributed by atoms with Crippen molar-refractivity contribution >= 4 is 40.5 Å². The van der Waals surface area contributed by atoms with Gasteiger partial charge < -0.3 is 9.30 Å². The van der Waals surface area contributed by atoms with Crippen LogP contribution in [0.4, 0.5) is 10.5 Å². The Morgan fingerprint density at radius 1 is 0.886 bits per heavy atom. The van der Waals surface area contributed by atoms with Crippen molar-refractivity contribution in [2.45, 2.75) is 13.5 Å². The zero-order chi connectivity index (χ0) is 24.5. The minimum absolute atomic E-state index is 0.105. The van der Waals surface area contributed by atoms with Crippen molar-refractivity contribution in [2.24, 2.45) is 0 Å². The van der Waals surface area contributed by atoms with Crippen LogP contribution >= 0.6 is 0 Å². The number of carbonyl (C=O) groups excluding carboxylic acids is 3. The van der Waals surface area contributed by atoms with Gasteiger partial charge >= 0.3 is 6.03 Å². The third-order valence-corrected chi connectivity index (χ3v) is 6.18. The van der Waals surface area contributed by atoms with E-state index in [0.717, 1.165) is 32.6 Å². The van der Waals surface area contributed by atoms with E-state index < -0.39 is 17.8 Å². The maximum Gasteiger partial charge on any atom is 0.335 e. The highest BCUT2D eigenvalue weighted by molar-refractivity contribution is 6.39. The smallest absolute Gasteiger partial charge is 0.335 e. The van der Waals surface area contributed by atoms with Crippen molar-refractivity contribution in [3.63, 3.8) is 0 Å². The lowest BCUT2D eigenvalue weighted by molar-refractivity contribution is -0.122. The van der Waals surface area contributed by atoms with Gasteiger partial charge in [-0.15, -0.1) is 0 Å². The second kappa shape index (κ2) is 8.95. The first kappa shape index (κ1) is 22.2. The molecule has 0 atom stereocenters. The number of para-hydroxylation sites is 1. The second-order valence-electron chi connectivity index (χ2n) is 8.24. The van der Waals surface area contributed by atoms with E-state index in [4.69, 9.17) is 4.74 Å². The number of ether oxygens (including phenoxy) is 1. The first-order valence-electron chi connectivity index (χ1n) is 11.1. The number of benzene rings is 3. The van der Waals surface area contributed by atoms with Gasteiger partial charge in [0.2, 0.25) is 0 Å². The van der Waals surface area contributed by atoms with E-state index >= 15 is 0 Å². The van der Waals surface area contributed by atoms with Gasteiger partial charge in [-0.3, -0.25) is 14.9 Å². The van der Waals surface area contributed by atoms with E-state index in [0.29, 0.717) is 18.0 Å². The molecule has 4 aromatic rings. The normalized spacial score (nSPS) is 15.1. The number of hydrogen-bond acceptors (Lipinski definition) is 4. The lowest BCUT2D eigenvalue weighted by Gasteiger charge is -2.26. The van der Waals surface area contributed by atoms with Crippen LogP contribution in [0.2, 0.25) is 0 Å². The fraction of sp³-hybridized carbons (Fsp3) is 0.107. The molecule has 1 aromatic heterocycles. The van der Waals surface area contributed by atoms with Gasteiger partial charge in [0.25, 0.3) is 11.8 Å². The average Bonchev–Trinajstić information content (AvgIpc) is 3.13. The van der Waals surface area contributed by atoms with E-state index in [1.54, 1.807) is 30.3 Å². The molecule has 5 rings (SSSR count). The van der Waals surface area contributed by atoms with Crippen molar-refractivity contribution in [2.75, 3.05) is 12.0 Å². The van der Waals surface area contributed by atoms with Crippen LogP contribution in [0.1, 0.15) is 16.8 Å². The summed E-state index contributed by atoms with van der Waals surface area (Å²) in [6, 6.07) is 23.7. The number of urea groups is 1. The highest BCUT2D eigenvalue weighted by atomic mass is 16.5. The predicted octanol–water partition coefficient (Wildman–Crippen LogP) is 4.67. The highest BCUT2D eigenvalue weighted by Gasteiger charge is 2.37. The maximum atomic E-state index is 13.4. The number of methoxy groups -OCH3 is 1. The summed E-state index contributed by atoms with van der Waals surface area (Å²) in [6.07, 6.45) is 1.58. The number of nitrogens with one attached hydrogen (secondary N) is 1. The summed E-state index contributed by atoms with van der Waals surface area (Å²) in [5.41, 5.74) is 4.04. The fourth-order valence-corrected chi connectivity index (χ4v) is 4.38. The van der Waals surface area contributed by atoms with Crippen LogP contribution in [-0.2, 0) is 16.1 Å². The number of barbiturate groups is 1. The van der Waals surface area contributed by atoms with E-state index in [1.165, 1.54) is 7.11 Å². The molecular formula is C28H23N3O4. The number of imide groups is 2. The molecule has 174 valence electrons. The summed E-state index contributed by atoms with van der Waals surface area (Å²) >= 11 is 0. The number of fused-ring (bicyclic) bond motifs is 1. The summed E-state index contributed by atoms with van der Waals surface area (Å²) in [5, 5.41) is 3.21. The Morgan fingerprint density at radius 2 is 1.57 bits per heavy atom. The molecule has 0 unspecified atom stereocenters. The number of hydrogen-bond donors (Lipinski definition) is 1. The molecule has 2 heterocycles. The molecule has 7 heteroatoms. The molecule has 1 saturated heterocycles. The van der Waals surface area contributed by atoms with Crippen LogP contribution in [0.5, 0.6) is 5.75 Å². The average molecular weight is 466 g/mol. The van der Waals surface area contributed by atoms with Crippen molar-refractivity contribution in [1.29, 1.82) is 0 Å². The Bertz CT molecular complexity index is 1480. The highest BCUT2D eigenvalue weighted by Crippen LogP contribution is 2.30. The summed E-state index contributed by atoms with van der Waals surface area (Å²) < 4.78 is 7.32. The third-order valence-electron chi connectivity index (χ3n) is 6.18. The minimum atomic E-state index is -0.787. The van der Waals surface area contributed by atoms with Crippen LogP contribution in [-0.4, -0.2) is 29.5 Å².